The van der Waals surface area contributed by atoms with Gasteiger partial charge in [0.05, 0.1) is 11.5 Å². The molecular weight excluding hydrogens is 232 g/mol. The first-order valence-corrected chi connectivity index (χ1v) is 6.01. The van der Waals surface area contributed by atoms with E-state index in [1.807, 2.05) is 6.92 Å². The van der Waals surface area contributed by atoms with Gasteiger partial charge >= 0.3 is 5.97 Å². The van der Waals surface area contributed by atoms with Crippen molar-refractivity contribution >= 4 is 11.9 Å². The Morgan fingerprint density at radius 2 is 2.00 bits per heavy atom. The molecule has 0 unspecified atom stereocenters. The first kappa shape index (κ1) is 12.5. The molecule has 2 rings (SSSR count). The van der Waals surface area contributed by atoms with Gasteiger partial charge in [0.25, 0.3) is 5.91 Å². The maximum Gasteiger partial charge on any atom is 0.306 e. The SMILES string of the molecule is Cc1cncc(C(=O)N2CCC(C(=O)O)CC2)c1. The number of carbonyl (C=O) groups is 2. The predicted octanol–water partition coefficient (Wildman–Crippen LogP) is 1.33. The predicted molar refractivity (Wildman–Crippen MR) is 65.2 cm³/mol. The molecule has 1 aliphatic heterocycles. The molecule has 1 saturated heterocycles. The van der Waals surface area contributed by atoms with E-state index in [1.54, 1.807) is 23.4 Å². The zero-order chi connectivity index (χ0) is 13.1. The van der Waals surface area contributed by atoms with E-state index in [9.17, 15) is 9.59 Å². The average molecular weight is 248 g/mol. The minimum atomic E-state index is -0.765. The van der Waals surface area contributed by atoms with Gasteiger partial charge in [-0.1, -0.05) is 0 Å². The van der Waals surface area contributed by atoms with Crippen molar-refractivity contribution in [1.29, 1.82) is 0 Å². The van der Waals surface area contributed by atoms with Crippen LogP contribution < -0.4 is 0 Å². The lowest BCUT2D eigenvalue weighted by Gasteiger charge is -2.30. The van der Waals surface area contributed by atoms with Crippen molar-refractivity contribution in [1.82, 2.24) is 9.88 Å². The molecule has 0 saturated carbocycles. The molecule has 0 spiro atoms. The van der Waals surface area contributed by atoms with Crippen LogP contribution in [0.15, 0.2) is 18.5 Å². The Bertz CT molecular complexity index is 465. The summed E-state index contributed by atoms with van der Waals surface area (Å²) in [7, 11) is 0. The number of hydrogen-bond donors (Lipinski definition) is 1. The van der Waals surface area contributed by atoms with Crippen LogP contribution in [0.1, 0.15) is 28.8 Å². The molecule has 1 amide bonds. The quantitative estimate of drug-likeness (QED) is 0.857. The molecule has 18 heavy (non-hydrogen) atoms. The molecule has 5 heteroatoms. The number of carbonyl (C=O) groups excluding carboxylic acids is 1. The van der Waals surface area contributed by atoms with Gasteiger partial charge in [0, 0.05) is 25.5 Å². The first-order chi connectivity index (χ1) is 8.58. The highest BCUT2D eigenvalue weighted by molar-refractivity contribution is 5.94. The van der Waals surface area contributed by atoms with Crippen LogP contribution in [0.4, 0.5) is 0 Å². The third-order valence-electron chi connectivity index (χ3n) is 3.25. The number of hydrogen-bond acceptors (Lipinski definition) is 3. The van der Waals surface area contributed by atoms with Gasteiger partial charge in [-0.05, 0) is 31.4 Å². The van der Waals surface area contributed by atoms with Crippen LogP contribution in [-0.2, 0) is 4.79 Å². The molecule has 1 aliphatic rings. The second-order valence-corrected chi connectivity index (χ2v) is 4.66. The van der Waals surface area contributed by atoms with Gasteiger partial charge in [-0.15, -0.1) is 0 Å². The molecule has 1 fully saturated rings. The van der Waals surface area contributed by atoms with Gasteiger partial charge in [0.15, 0.2) is 0 Å². The average Bonchev–Trinajstić information content (AvgIpc) is 2.38. The van der Waals surface area contributed by atoms with Crippen LogP contribution >= 0.6 is 0 Å². The molecule has 0 atom stereocenters. The molecule has 5 nitrogen and oxygen atoms in total. The van der Waals surface area contributed by atoms with E-state index >= 15 is 0 Å². The highest BCUT2D eigenvalue weighted by atomic mass is 16.4. The molecule has 0 aliphatic carbocycles. The maximum atomic E-state index is 12.2. The van der Waals surface area contributed by atoms with E-state index in [0.29, 0.717) is 31.5 Å². The van der Waals surface area contributed by atoms with E-state index in [1.165, 1.54) is 0 Å². The molecule has 96 valence electrons. The third-order valence-corrected chi connectivity index (χ3v) is 3.25. The van der Waals surface area contributed by atoms with Gasteiger partial charge in [-0.2, -0.15) is 0 Å². The van der Waals surface area contributed by atoms with Crippen LogP contribution in [0.5, 0.6) is 0 Å². The molecule has 2 heterocycles. The van der Waals surface area contributed by atoms with Crippen LogP contribution in [0.3, 0.4) is 0 Å². The normalized spacial score (nSPS) is 16.6. The Balaban J connectivity index is 2.02. The summed E-state index contributed by atoms with van der Waals surface area (Å²) in [4.78, 5) is 28.7. The zero-order valence-corrected chi connectivity index (χ0v) is 10.3. The lowest BCUT2D eigenvalue weighted by atomic mass is 9.96. The molecule has 1 aromatic heterocycles. The number of likely N-dealkylation sites (tertiary alicyclic amines) is 1. The van der Waals surface area contributed by atoms with Crippen molar-refractivity contribution in [3.63, 3.8) is 0 Å². The fourth-order valence-corrected chi connectivity index (χ4v) is 2.18. The van der Waals surface area contributed by atoms with E-state index in [2.05, 4.69) is 4.98 Å². The summed E-state index contributed by atoms with van der Waals surface area (Å²) in [5.41, 5.74) is 1.52. The van der Waals surface area contributed by atoms with Crippen molar-refractivity contribution in [3.8, 4) is 0 Å². The second kappa shape index (κ2) is 5.16. The number of pyridine rings is 1. The number of aliphatic carboxylic acids is 1. The number of amides is 1. The Morgan fingerprint density at radius 1 is 1.33 bits per heavy atom. The zero-order valence-electron chi connectivity index (χ0n) is 10.3. The number of carboxylic acids is 1. The first-order valence-electron chi connectivity index (χ1n) is 6.01. The van der Waals surface area contributed by atoms with Crippen molar-refractivity contribution in [2.24, 2.45) is 5.92 Å². The fourth-order valence-electron chi connectivity index (χ4n) is 2.18. The van der Waals surface area contributed by atoms with Gasteiger partial charge < -0.3 is 10.0 Å². The maximum absolute atomic E-state index is 12.2. The van der Waals surface area contributed by atoms with Gasteiger partial charge in [-0.3, -0.25) is 14.6 Å². The van der Waals surface area contributed by atoms with E-state index in [0.717, 1.165) is 5.56 Å². The van der Waals surface area contributed by atoms with Crippen LogP contribution in [0.2, 0.25) is 0 Å². The number of rotatable bonds is 2. The number of aryl methyl sites for hydroxylation is 1. The van der Waals surface area contributed by atoms with Gasteiger partial charge in [0.1, 0.15) is 0 Å². The molecule has 0 radical (unpaired) electrons. The Labute approximate surface area is 105 Å². The van der Waals surface area contributed by atoms with Crippen LogP contribution in [0.25, 0.3) is 0 Å². The molecule has 1 N–H and O–H groups in total. The topological polar surface area (TPSA) is 70.5 Å². The smallest absolute Gasteiger partial charge is 0.306 e. The van der Waals surface area contributed by atoms with Crippen molar-refractivity contribution < 1.29 is 14.7 Å². The van der Waals surface area contributed by atoms with E-state index in [4.69, 9.17) is 5.11 Å². The van der Waals surface area contributed by atoms with Crippen molar-refractivity contribution in [2.45, 2.75) is 19.8 Å². The number of aromatic nitrogens is 1. The fraction of sp³-hybridized carbons (Fsp3) is 0.462. The highest BCUT2D eigenvalue weighted by Crippen LogP contribution is 2.19. The third kappa shape index (κ3) is 2.67. The minimum absolute atomic E-state index is 0.0601. The van der Waals surface area contributed by atoms with Gasteiger partial charge in [-0.25, -0.2) is 0 Å². The lowest BCUT2D eigenvalue weighted by Crippen LogP contribution is -2.40. The summed E-state index contributed by atoms with van der Waals surface area (Å²) in [5.74, 6) is -1.14. The van der Waals surface area contributed by atoms with Gasteiger partial charge in [0.2, 0.25) is 0 Å². The summed E-state index contributed by atoms with van der Waals surface area (Å²) >= 11 is 0. The number of nitrogens with zero attached hydrogens (tertiary/aromatic N) is 2. The van der Waals surface area contributed by atoms with Crippen molar-refractivity contribution in [3.05, 3.63) is 29.6 Å². The van der Waals surface area contributed by atoms with E-state index < -0.39 is 5.97 Å². The highest BCUT2D eigenvalue weighted by Gasteiger charge is 2.27. The summed E-state index contributed by atoms with van der Waals surface area (Å²) in [6.45, 7) is 2.90. The monoisotopic (exact) mass is 248 g/mol. The Morgan fingerprint density at radius 3 is 2.56 bits per heavy atom. The largest absolute Gasteiger partial charge is 0.481 e. The number of piperidine rings is 1. The molecule has 0 aromatic carbocycles. The van der Waals surface area contributed by atoms with Crippen LogP contribution in [0, 0.1) is 12.8 Å². The molecular formula is C13H16N2O3. The standard InChI is InChI=1S/C13H16N2O3/c1-9-6-11(8-14-7-9)12(16)15-4-2-10(3-5-15)13(17)18/h6-8,10H,2-5H2,1H3,(H,17,18). The number of carboxylic acid groups (broad SMARTS) is 1. The second-order valence-electron chi connectivity index (χ2n) is 4.66. The summed E-state index contributed by atoms with van der Waals surface area (Å²) < 4.78 is 0. The molecule has 0 bridgehead atoms. The summed E-state index contributed by atoms with van der Waals surface area (Å²) in [6, 6.07) is 1.80. The summed E-state index contributed by atoms with van der Waals surface area (Å²) in [5, 5.41) is 8.90. The lowest BCUT2D eigenvalue weighted by molar-refractivity contribution is -0.143. The van der Waals surface area contributed by atoms with E-state index in [-0.39, 0.29) is 11.8 Å². The Hall–Kier alpha value is -1.91. The van der Waals surface area contributed by atoms with Crippen LogP contribution in [-0.4, -0.2) is 40.0 Å². The Kier molecular flexibility index (Phi) is 3.60. The summed E-state index contributed by atoms with van der Waals surface area (Å²) in [6.07, 6.45) is 4.31. The van der Waals surface area contributed by atoms with Crippen molar-refractivity contribution in [2.75, 3.05) is 13.1 Å². The molecule has 1 aromatic rings. The minimum Gasteiger partial charge on any atom is -0.481 e.